The Kier molecular flexibility index (Phi) is 15.2. The molecule has 0 saturated heterocycles. The van der Waals surface area contributed by atoms with E-state index in [0.29, 0.717) is 0 Å². The highest BCUT2D eigenvalue weighted by Crippen LogP contribution is 2.56. The molecule has 0 radical (unpaired) electrons. The summed E-state index contributed by atoms with van der Waals surface area (Å²) in [5, 5.41) is 25.6. The summed E-state index contributed by atoms with van der Waals surface area (Å²) in [6.45, 7) is 26.0. The van der Waals surface area contributed by atoms with Crippen LogP contribution in [0.15, 0.2) is 0 Å². The van der Waals surface area contributed by atoms with Crippen molar-refractivity contribution in [2.75, 3.05) is 0 Å². The highest BCUT2D eigenvalue weighted by Gasteiger charge is 2.74. The van der Waals surface area contributed by atoms with Crippen LogP contribution in [0.1, 0.15) is 79.1 Å². The summed E-state index contributed by atoms with van der Waals surface area (Å²) < 4.78 is 18.5. The van der Waals surface area contributed by atoms with Crippen molar-refractivity contribution in [1.29, 1.82) is 0 Å². The molecule has 0 aromatic carbocycles. The maximum Gasteiger partial charge on any atom is 0.469 e. The zero-order chi connectivity index (χ0) is 30.3. The Labute approximate surface area is 240 Å². The molecule has 230 valence electrons. The average Bonchev–Trinajstić information content (AvgIpc) is 2.80. The van der Waals surface area contributed by atoms with Crippen LogP contribution in [0.2, 0.25) is 76.6 Å². The van der Waals surface area contributed by atoms with Gasteiger partial charge in [-0.3, -0.25) is 4.52 Å². The summed E-state index contributed by atoms with van der Waals surface area (Å²) in [5.74, 6) is 0. The van der Waals surface area contributed by atoms with Gasteiger partial charge >= 0.3 is 7.82 Å². The van der Waals surface area contributed by atoms with Crippen LogP contribution in [0.5, 0.6) is 0 Å². The zero-order valence-electron chi connectivity index (χ0n) is 27.1. The Morgan fingerprint density at radius 2 is 0.947 bits per heavy atom. The molecule has 0 aromatic rings. The molecule has 11 heteroatoms. The first-order valence-electron chi connectivity index (χ1n) is 15.3. The lowest BCUT2D eigenvalue weighted by Crippen LogP contribution is -2.89. The molecule has 1 unspecified atom stereocenters. The van der Waals surface area contributed by atoms with Crippen molar-refractivity contribution in [3.8, 4) is 0 Å². The third-order valence-corrected chi connectivity index (χ3v) is 30.8. The second kappa shape index (κ2) is 14.9. The number of aliphatic hydroxyl groups is 2. The molecule has 38 heavy (non-hydrogen) atoms. The maximum atomic E-state index is 13.7. The number of rotatable bonds is 20. The van der Waals surface area contributed by atoms with E-state index in [9.17, 15) is 24.6 Å². The first-order valence-corrected chi connectivity index (χ1v) is 29.7. The van der Waals surface area contributed by atoms with Crippen LogP contribution in [0.3, 0.4) is 0 Å². The van der Waals surface area contributed by atoms with E-state index in [0.717, 1.165) is 75.5 Å². The van der Waals surface area contributed by atoms with Crippen LogP contribution in [0.25, 0.3) is 0 Å². The molecule has 0 aliphatic rings. The predicted molar refractivity (Wildman–Crippen MR) is 176 cm³/mol. The molecule has 4 N–H and O–H groups in total. The first-order chi connectivity index (χ1) is 17.1. The van der Waals surface area contributed by atoms with Gasteiger partial charge in [0.25, 0.3) is 0 Å². The second-order valence-corrected chi connectivity index (χ2v) is 36.2. The van der Waals surface area contributed by atoms with Crippen molar-refractivity contribution in [2.24, 2.45) is 0 Å². The van der Waals surface area contributed by atoms with Crippen LogP contribution in [-0.2, 0) is 9.09 Å². The van der Waals surface area contributed by atoms with E-state index in [1.54, 1.807) is 0 Å². The second-order valence-electron chi connectivity index (χ2n) is 14.5. The van der Waals surface area contributed by atoms with Crippen molar-refractivity contribution in [2.45, 2.75) is 171 Å². The summed E-state index contributed by atoms with van der Waals surface area (Å²) in [4.78, 5) is 19.2. The van der Waals surface area contributed by atoms with Gasteiger partial charge in [0.1, 0.15) is 5.22 Å². The minimum absolute atomic E-state index is 0.790. The molecule has 0 rings (SSSR count). The third-order valence-electron chi connectivity index (χ3n) is 9.51. The SMILES string of the molecule is CCCC[Si](C)(C)C(OP(=O)(O)O)[C@](O)(C(O)([Si](C)(C)CCCC)[Si](C)(C)CCCC)[Si](C)(C)CCCC. The summed E-state index contributed by atoms with van der Waals surface area (Å²) in [6, 6.07) is 3.34. The van der Waals surface area contributed by atoms with Gasteiger partial charge in [-0.2, -0.15) is 0 Å². The van der Waals surface area contributed by atoms with E-state index in [1.807, 2.05) is 0 Å². The molecule has 0 spiro atoms. The molecule has 2 atom stereocenters. The topological polar surface area (TPSA) is 107 Å². The standard InChI is InChI=1S/C27H65O6PSi4/c1-13-17-21-35(5,6)25(33-34(30,31)32)26(28,36(7,8)22-18-14-2)27(29,37(9,10)23-19-15-3)38(11,12)24-20-16-4/h25,28-29H,13-24H2,1-12H3,(H2,30,31,32)/t25?,26-/m1/s1. The Morgan fingerprint density at radius 1 is 0.632 bits per heavy atom. The number of phosphoric ester groups is 1. The quantitative estimate of drug-likeness (QED) is 0.0801. The van der Waals surface area contributed by atoms with Crippen molar-refractivity contribution in [3.05, 3.63) is 0 Å². The van der Waals surface area contributed by atoms with E-state index in [4.69, 9.17) is 4.52 Å². The van der Waals surface area contributed by atoms with Crippen molar-refractivity contribution in [1.82, 2.24) is 0 Å². The van der Waals surface area contributed by atoms with Crippen molar-refractivity contribution >= 4 is 40.1 Å². The molecule has 0 aliphatic carbocycles. The lowest BCUT2D eigenvalue weighted by atomic mass is 10.3. The smallest absolute Gasteiger partial charge is 0.394 e. The highest BCUT2D eigenvalue weighted by molar-refractivity contribution is 7.46. The van der Waals surface area contributed by atoms with Crippen molar-refractivity contribution < 1.29 is 29.1 Å². The monoisotopic (exact) mass is 628 g/mol. The van der Waals surface area contributed by atoms with Crippen molar-refractivity contribution in [3.63, 3.8) is 0 Å². The molecule has 0 amide bonds. The predicted octanol–water partition coefficient (Wildman–Crippen LogP) is 8.12. The molecule has 0 bridgehead atoms. The Balaban J connectivity index is 7.93. The van der Waals surface area contributed by atoms with Gasteiger partial charge in [-0.25, -0.2) is 4.57 Å². The molecular formula is C27H65O6PSi4. The van der Waals surface area contributed by atoms with Gasteiger partial charge in [-0.15, -0.1) is 0 Å². The van der Waals surface area contributed by atoms with E-state index in [2.05, 4.69) is 80.1 Å². The molecule has 0 fully saturated rings. The van der Waals surface area contributed by atoms with Gasteiger partial charge < -0.3 is 20.0 Å². The average molecular weight is 629 g/mol. The fraction of sp³-hybridized carbons (Fsp3) is 1.00. The van der Waals surface area contributed by atoms with Crippen LogP contribution < -0.4 is 0 Å². The number of phosphoric acid groups is 1. The van der Waals surface area contributed by atoms with Gasteiger partial charge in [0.2, 0.25) is 0 Å². The van der Waals surface area contributed by atoms with E-state index >= 15 is 0 Å². The van der Waals surface area contributed by atoms with Crippen LogP contribution in [-0.4, -0.2) is 68.1 Å². The fourth-order valence-corrected chi connectivity index (χ4v) is 35.7. The Morgan fingerprint density at radius 3 is 1.26 bits per heavy atom. The molecule has 6 nitrogen and oxygen atoms in total. The van der Waals surface area contributed by atoms with E-state index in [-0.39, 0.29) is 0 Å². The molecular weight excluding hydrogens is 564 g/mol. The lowest BCUT2D eigenvalue weighted by Gasteiger charge is -2.66. The molecule has 0 heterocycles. The summed E-state index contributed by atoms with van der Waals surface area (Å²) in [6.07, 6.45) is 7.76. The van der Waals surface area contributed by atoms with Gasteiger partial charge in [0.15, 0.2) is 0 Å². The summed E-state index contributed by atoms with van der Waals surface area (Å²) in [5.41, 5.74) is -1.03. The van der Waals surface area contributed by atoms with Gasteiger partial charge in [0.05, 0.1) is 42.9 Å². The fourth-order valence-electron chi connectivity index (χ4n) is 7.08. The van der Waals surface area contributed by atoms with Gasteiger partial charge in [-0.05, 0) is 0 Å². The Bertz CT molecular complexity index is 736. The summed E-state index contributed by atoms with van der Waals surface area (Å²) >= 11 is 0. The number of hydrogen-bond donors (Lipinski definition) is 4. The number of hydrogen-bond acceptors (Lipinski definition) is 4. The molecule has 0 aromatic heterocycles. The molecule has 0 aliphatic heterocycles. The van der Waals surface area contributed by atoms with E-state index in [1.165, 1.54) is 0 Å². The third kappa shape index (κ3) is 8.71. The van der Waals surface area contributed by atoms with Crippen LogP contribution in [0.4, 0.5) is 0 Å². The van der Waals surface area contributed by atoms with Crippen LogP contribution >= 0.6 is 7.82 Å². The normalized spacial score (nSPS) is 16.9. The minimum Gasteiger partial charge on any atom is -0.394 e. The zero-order valence-corrected chi connectivity index (χ0v) is 32.0. The largest absolute Gasteiger partial charge is 0.469 e. The lowest BCUT2D eigenvalue weighted by molar-refractivity contribution is -0.0695. The molecule has 0 saturated carbocycles. The number of unbranched alkanes of at least 4 members (excludes halogenated alkanes) is 4. The van der Waals surface area contributed by atoms with E-state index < -0.39 is 55.9 Å². The summed E-state index contributed by atoms with van der Waals surface area (Å²) in [7, 11) is -15.6. The minimum atomic E-state index is -4.94. The van der Waals surface area contributed by atoms with Crippen LogP contribution in [0, 0.1) is 0 Å². The van der Waals surface area contributed by atoms with Gasteiger partial charge in [-0.1, -0.05) is 156 Å². The first kappa shape index (κ1) is 38.9. The van der Waals surface area contributed by atoms with Gasteiger partial charge in [0, 0.05) is 0 Å². The Hall–Kier alpha value is 0.898. The maximum absolute atomic E-state index is 13.7. The highest BCUT2D eigenvalue weighted by atomic mass is 31.2.